The van der Waals surface area contributed by atoms with E-state index in [0.29, 0.717) is 43.3 Å². The minimum Gasteiger partial charge on any atom is -0.370 e. The minimum absolute atomic E-state index is 0.0848. The fraction of sp³-hybridized carbons (Fsp3) is 0.378. The van der Waals surface area contributed by atoms with E-state index < -0.39 is 52.0 Å². The first-order valence-corrected chi connectivity index (χ1v) is 20.4. The van der Waals surface area contributed by atoms with Crippen molar-refractivity contribution in [1.82, 2.24) is 29.9 Å². The molecule has 2 atom stereocenters. The van der Waals surface area contributed by atoms with Gasteiger partial charge in [-0.05, 0) is 68.3 Å². The second kappa shape index (κ2) is 17.8. The number of alkyl halides is 3. The number of hydrogen-bond donors (Lipinski definition) is 3. The van der Waals surface area contributed by atoms with Gasteiger partial charge in [-0.1, -0.05) is 23.6 Å². The summed E-state index contributed by atoms with van der Waals surface area (Å²) < 4.78 is 85.8. The Morgan fingerprint density at radius 1 is 1.12 bits per heavy atom. The molecule has 0 spiro atoms. The van der Waals surface area contributed by atoms with Gasteiger partial charge in [0, 0.05) is 49.6 Å². The number of rotatable bonds is 12. The number of fused-ring (bicyclic) bond motifs is 1. The molecule has 0 saturated carbocycles. The molecule has 57 heavy (non-hydrogen) atoms. The number of nitrogens with zero attached hydrogens (tertiary/aromatic N) is 6. The Labute approximate surface area is 337 Å². The van der Waals surface area contributed by atoms with Crippen LogP contribution in [0.5, 0.6) is 0 Å². The van der Waals surface area contributed by atoms with Gasteiger partial charge in [-0.3, -0.25) is 24.6 Å². The summed E-state index contributed by atoms with van der Waals surface area (Å²) >= 11 is 8.21. The Morgan fingerprint density at radius 3 is 2.35 bits per heavy atom. The van der Waals surface area contributed by atoms with E-state index in [1.54, 1.807) is 15.9 Å². The molecular weight excluding hydrogens is 813 g/mol. The van der Waals surface area contributed by atoms with E-state index in [2.05, 4.69) is 22.3 Å². The van der Waals surface area contributed by atoms with E-state index in [4.69, 9.17) is 27.7 Å². The highest BCUT2D eigenvalue weighted by molar-refractivity contribution is 8.00. The number of benzene rings is 2. The number of amides is 2. The summed E-state index contributed by atoms with van der Waals surface area (Å²) in [7, 11) is -2.15. The zero-order valence-electron chi connectivity index (χ0n) is 31.2. The van der Waals surface area contributed by atoms with E-state index in [-0.39, 0.29) is 68.7 Å². The standard InChI is InChI=1S/C37H39ClF5N9O3S2/c1-36(2,56-3)10-9-25-5-6-26(32(47-25)29(46-21-53)17-22-15-23(39)18-24(40)16-22)27-7-8-28(38)31-33(27)51(20-37(41,42)43)48-34(31)52(57(4)55)30(54)19-49-11-13-50(14-12-49)35(44)45/h5-8,15-16,18,21,29H,11-14,17,19-20H2,1-4H3,(H3,44,45)(H,46,53). The van der Waals surface area contributed by atoms with Crippen LogP contribution in [0.15, 0.2) is 42.5 Å². The van der Waals surface area contributed by atoms with Crippen LogP contribution in [0.3, 0.4) is 0 Å². The van der Waals surface area contributed by atoms with Crippen LogP contribution < -0.4 is 15.4 Å². The molecule has 0 bridgehead atoms. The van der Waals surface area contributed by atoms with Crippen LogP contribution in [0.25, 0.3) is 22.0 Å². The van der Waals surface area contributed by atoms with Crippen LogP contribution in [0.1, 0.15) is 36.8 Å². The third-order valence-electron chi connectivity index (χ3n) is 9.08. The van der Waals surface area contributed by atoms with Crippen molar-refractivity contribution < 1.29 is 35.8 Å². The fourth-order valence-corrected chi connectivity index (χ4v) is 7.38. The minimum atomic E-state index is -4.83. The predicted molar refractivity (Wildman–Crippen MR) is 212 cm³/mol. The molecular formula is C37H39ClF5N9O3S2. The van der Waals surface area contributed by atoms with E-state index in [1.165, 1.54) is 36.2 Å². The normalized spacial score (nSPS) is 14.8. The molecule has 4 N–H and O–H groups in total. The molecule has 0 aliphatic carbocycles. The first-order chi connectivity index (χ1) is 26.8. The quantitative estimate of drug-likeness (QED) is 0.0571. The van der Waals surface area contributed by atoms with Crippen LogP contribution >= 0.6 is 23.4 Å². The zero-order valence-corrected chi connectivity index (χ0v) is 33.6. The number of nitrogens with one attached hydrogen (secondary N) is 2. The predicted octanol–water partition coefficient (Wildman–Crippen LogP) is 5.25. The average Bonchev–Trinajstić information content (AvgIpc) is 3.48. The number of thioether (sulfide) groups is 1. The largest absolute Gasteiger partial charge is 0.408 e. The third kappa shape index (κ3) is 10.6. The number of nitrogens with two attached hydrogens (primary N) is 1. The van der Waals surface area contributed by atoms with Gasteiger partial charge in [-0.25, -0.2) is 22.3 Å². The van der Waals surface area contributed by atoms with E-state index in [9.17, 15) is 35.8 Å². The first-order valence-electron chi connectivity index (χ1n) is 17.3. The van der Waals surface area contributed by atoms with Gasteiger partial charge in [0.15, 0.2) is 11.8 Å². The van der Waals surface area contributed by atoms with Gasteiger partial charge in [0.05, 0.1) is 39.0 Å². The van der Waals surface area contributed by atoms with Crippen molar-refractivity contribution in [3.05, 3.63) is 76.1 Å². The van der Waals surface area contributed by atoms with Gasteiger partial charge in [0.2, 0.25) is 6.41 Å². The van der Waals surface area contributed by atoms with Crippen LogP contribution in [0.2, 0.25) is 5.02 Å². The third-order valence-corrected chi connectivity index (χ3v) is 11.4. The molecule has 304 valence electrons. The maximum atomic E-state index is 14.3. The number of carbonyl (C=O) groups is 2. The summed E-state index contributed by atoms with van der Waals surface area (Å²) in [6, 6.07) is 7.64. The van der Waals surface area contributed by atoms with Crippen molar-refractivity contribution in [3.8, 4) is 23.0 Å². The summed E-state index contributed by atoms with van der Waals surface area (Å²) in [4.78, 5) is 34.0. The molecule has 2 unspecified atom stereocenters. The molecule has 1 aliphatic heterocycles. The van der Waals surface area contributed by atoms with Crippen LogP contribution in [-0.4, -0.2) is 103 Å². The highest BCUT2D eigenvalue weighted by atomic mass is 35.5. The lowest BCUT2D eigenvalue weighted by molar-refractivity contribution is -0.141. The van der Waals surface area contributed by atoms with E-state index >= 15 is 0 Å². The molecule has 20 heteroatoms. The molecule has 2 amide bonds. The van der Waals surface area contributed by atoms with Gasteiger partial charge in [0.1, 0.15) is 34.9 Å². The summed E-state index contributed by atoms with van der Waals surface area (Å²) in [6.07, 6.45) is -1.60. The van der Waals surface area contributed by atoms with Crippen LogP contribution in [0.4, 0.5) is 27.8 Å². The lowest BCUT2D eigenvalue weighted by Gasteiger charge is -2.35. The van der Waals surface area contributed by atoms with E-state index in [1.807, 2.05) is 20.1 Å². The Bertz CT molecular complexity index is 2250. The average molecular weight is 852 g/mol. The number of piperazine rings is 1. The number of anilines is 1. The summed E-state index contributed by atoms with van der Waals surface area (Å²) in [5.41, 5.74) is 6.12. The van der Waals surface area contributed by atoms with Crippen molar-refractivity contribution >= 4 is 69.3 Å². The smallest absolute Gasteiger partial charge is 0.370 e. The van der Waals surface area contributed by atoms with Gasteiger partial charge >= 0.3 is 6.18 Å². The summed E-state index contributed by atoms with van der Waals surface area (Å²) in [5, 5.41) is 14.3. The Kier molecular flexibility index (Phi) is 13.5. The second-order valence-electron chi connectivity index (χ2n) is 13.6. The number of hydrogen-bond acceptors (Lipinski definition) is 8. The van der Waals surface area contributed by atoms with Crippen molar-refractivity contribution in [2.75, 3.05) is 49.5 Å². The topological polar surface area (TPSA) is 154 Å². The Morgan fingerprint density at radius 2 is 1.77 bits per heavy atom. The molecule has 12 nitrogen and oxygen atoms in total. The highest BCUT2D eigenvalue weighted by Gasteiger charge is 2.35. The van der Waals surface area contributed by atoms with Gasteiger partial charge in [-0.2, -0.15) is 18.3 Å². The molecule has 2 aromatic carbocycles. The summed E-state index contributed by atoms with van der Waals surface area (Å²) in [6.45, 7) is 3.22. The summed E-state index contributed by atoms with van der Waals surface area (Å²) in [5.74, 6) is 3.14. The number of halogens is 6. The van der Waals surface area contributed by atoms with Crippen molar-refractivity contribution in [2.45, 2.75) is 43.8 Å². The maximum absolute atomic E-state index is 14.3. The van der Waals surface area contributed by atoms with Gasteiger partial charge in [-0.15, -0.1) is 11.8 Å². The van der Waals surface area contributed by atoms with E-state index in [0.717, 1.165) is 16.4 Å². The van der Waals surface area contributed by atoms with Gasteiger partial charge in [0.25, 0.3) is 5.91 Å². The van der Waals surface area contributed by atoms with Crippen LogP contribution in [0, 0.1) is 28.9 Å². The molecule has 2 aromatic heterocycles. The lowest BCUT2D eigenvalue weighted by atomic mass is 9.94. The fourth-order valence-electron chi connectivity index (χ4n) is 6.28. The molecule has 3 heterocycles. The number of guanidine groups is 1. The van der Waals surface area contributed by atoms with Crippen LogP contribution in [-0.2, 0) is 33.5 Å². The van der Waals surface area contributed by atoms with Gasteiger partial charge < -0.3 is 16.0 Å². The Balaban J connectivity index is 1.73. The zero-order chi connectivity index (χ0) is 41.8. The Hall–Kier alpha value is -4.77. The first kappa shape index (κ1) is 43.4. The number of pyridine rings is 1. The molecule has 1 fully saturated rings. The number of aromatic nitrogens is 3. The SMILES string of the molecule is CSC(C)(C)C#Cc1ccc(-c2ccc(Cl)c3c(N(C(=O)CN4CCN(C(=N)N)CC4)S(C)=O)nn(CC(F)(F)F)c23)c(C(Cc2cc(F)cc(F)c2)NC=O)n1. The monoisotopic (exact) mass is 851 g/mol. The number of carbonyl (C=O) groups excluding carboxylic acids is 2. The molecule has 4 aromatic rings. The molecule has 5 rings (SSSR count). The lowest BCUT2D eigenvalue weighted by Crippen LogP contribution is -2.53. The maximum Gasteiger partial charge on any atom is 0.408 e. The second-order valence-corrected chi connectivity index (χ2v) is 16.6. The van der Waals surface area contributed by atoms with Crippen molar-refractivity contribution in [1.29, 1.82) is 5.41 Å². The van der Waals surface area contributed by atoms with Crippen molar-refractivity contribution in [3.63, 3.8) is 0 Å². The molecule has 0 radical (unpaired) electrons. The van der Waals surface area contributed by atoms with Crippen molar-refractivity contribution in [2.24, 2.45) is 5.73 Å². The highest BCUT2D eigenvalue weighted by Crippen LogP contribution is 2.42. The molecule has 1 saturated heterocycles. The molecule has 1 aliphatic rings.